The van der Waals surface area contributed by atoms with Gasteiger partial charge in [0, 0.05) is 37.9 Å². The van der Waals surface area contributed by atoms with Gasteiger partial charge < -0.3 is 14.8 Å². The maximum atomic E-state index is 4.32. The van der Waals surface area contributed by atoms with Crippen LogP contribution in [0, 0.1) is 5.92 Å². The molecule has 1 aliphatic heterocycles. The van der Waals surface area contributed by atoms with E-state index in [0.29, 0.717) is 5.92 Å². The minimum Gasteiger partial charge on any atom is -0.333 e. The number of hydrogen-bond donors (Lipinski definition) is 1. The molecule has 0 unspecified atom stereocenters. The SMILES string of the molecule is CN(C)C[C@H]1CNCc2nccn2C1. The second-order valence-electron chi connectivity index (χ2n) is 4.26. The lowest BCUT2D eigenvalue weighted by atomic mass is 10.1. The van der Waals surface area contributed by atoms with Crippen LogP contribution in [0.4, 0.5) is 0 Å². The molecule has 78 valence electrons. The van der Waals surface area contributed by atoms with Crippen LogP contribution in [0.3, 0.4) is 0 Å². The Bertz CT molecular complexity index is 292. The van der Waals surface area contributed by atoms with Gasteiger partial charge in [-0.2, -0.15) is 0 Å². The summed E-state index contributed by atoms with van der Waals surface area (Å²) in [6.07, 6.45) is 3.96. The first-order valence-corrected chi connectivity index (χ1v) is 5.11. The first-order chi connectivity index (χ1) is 6.75. The van der Waals surface area contributed by atoms with Crippen molar-refractivity contribution in [2.75, 3.05) is 27.2 Å². The van der Waals surface area contributed by atoms with E-state index in [1.54, 1.807) is 0 Å². The van der Waals surface area contributed by atoms with Gasteiger partial charge in [0.2, 0.25) is 0 Å². The van der Waals surface area contributed by atoms with Gasteiger partial charge in [0.25, 0.3) is 0 Å². The highest BCUT2D eigenvalue weighted by Crippen LogP contribution is 2.09. The van der Waals surface area contributed by atoms with Gasteiger partial charge in [0.05, 0.1) is 6.54 Å². The number of hydrogen-bond acceptors (Lipinski definition) is 3. The standard InChI is InChI=1S/C10H18N4/c1-13(2)7-9-5-11-6-10-12-3-4-14(10)8-9/h3-4,9,11H,5-8H2,1-2H3/t9-/m1/s1. The topological polar surface area (TPSA) is 33.1 Å². The first-order valence-electron chi connectivity index (χ1n) is 5.11. The summed E-state index contributed by atoms with van der Waals surface area (Å²) in [7, 11) is 4.25. The monoisotopic (exact) mass is 194 g/mol. The van der Waals surface area contributed by atoms with E-state index >= 15 is 0 Å². The van der Waals surface area contributed by atoms with E-state index in [1.807, 2.05) is 6.20 Å². The Hall–Kier alpha value is -0.870. The fourth-order valence-electron chi connectivity index (χ4n) is 2.04. The number of nitrogens with zero attached hydrogens (tertiary/aromatic N) is 3. The highest BCUT2D eigenvalue weighted by Gasteiger charge is 2.16. The van der Waals surface area contributed by atoms with Crippen molar-refractivity contribution in [1.82, 2.24) is 19.8 Å². The largest absolute Gasteiger partial charge is 0.333 e. The fourth-order valence-corrected chi connectivity index (χ4v) is 2.04. The molecule has 1 aromatic rings. The van der Waals surface area contributed by atoms with Crippen molar-refractivity contribution in [2.24, 2.45) is 5.92 Å². The summed E-state index contributed by atoms with van der Waals surface area (Å²) in [5.41, 5.74) is 0. The molecule has 4 heteroatoms. The van der Waals surface area contributed by atoms with Crippen LogP contribution >= 0.6 is 0 Å². The zero-order chi connectivity index (χ0) is 9.97. The lowest BCUT2D eigenvalue weighted by Crippen LogP contribution is -2.30. The van der Waals surface area contributed by atoms with Gasteiger partial charge in [-0.25, -0.2) is 4.98 Å². The highest BCUT2D eigenvalue weighted by molar-refractivity contribution is 4.94. The molecule has 0 saturated carbocycles. The summed E-state index contributed by atoms with van der Waals surface area (Å²) in [6.45, 7) is 4.20. The summed E-state index contributed by atoms with van der Waals surface area (Å²) in [5.74, 6) is 1.84. The molecular weight excluding hydrogens is 176 g/mol. The maximum Gasteiger partial charge on any atom is 0.122 e. The third-order valence-electron chi connectivity index (χ3n) is 2.60. The summed E-state index contributed by atoms with van der Waals surface area (Å²) >= 11 is 0. The number of fused-ring (bicyclic) bond motifs is 1. The third kappa shape index (κ3) is 2.13. The number of rotatable bonds is 2. The third-order valence-corrected chi connectivity index (χ3v) is 2.60. The van der Waals surface area contributed by atoms with E-state index in [-0.39, 0.29) is 0 Å². The molecule has 2 rings (SSSR count). The molecule has 1 N–H and O–H groups in total. The van der Waals surface area contributed by atoms with Crippen molar-refractivity contribution in [3.8, 4) is 0 Å². The van der Waals surface area contributed by atoms with Gasteiger partial charge in [0.15, 0.2) is 0 Å². The van der Waals surface area contributed by atoms with E-state index in [1.165, 1.54) is 0 Å². The fraction of sp³-hybridized carbons (Fsp3) is 0.700. The normalized spacial score (nSPS) is 22.1. The average molecular weight is 194 g/mol. The van der Waals surface area contributed by atoms with Crippen LogP contribution < -0.4 is 5.32 Å². The summed E-state index contributed by atoms with van der Waals surface area (Å²) in [5, 5.41) is 3.44. The van der Waals surface area contributed by atoms with E-state index in [0.717, 1.165) is 32.0 Å². The van der Waals surface area contributed by atoms with Crippen molar-refractivity contribution in [2.45, 2.75) is 13.1 Å². The summed E-state index contributed by atoms with van der Waals surface area (Å²) in [4.78, 5) is 6.56. The van der Waals surface area contributed by atoms with Crippen LogP contribution in [0.2, 0.25) is 0 Å². The molecule has 0 radical (unpaired) electrons. The zero-order valence-electron chi connectivity index (χ0n) is 8.90. The second kappa shape index (κ2) is 4.11. The van der Waals surface area contributed by atoms with E-state index in [2.05, 4.69) is 40.1 Å². The quantitative estimate of drug-likeness (QED) is 0.728. The lowest BCUT2D eigenvalue weighted by Gasteiger charge is -2.19. The molecule has 0 amide bonds. The van der Waals surface area contributed by atoms with Crippen LogP contribution in [-0.4, -0.2) is 41.6 Å². The van der Waals surface area contributed by atoms with Crippen molar-refractivity contribution >= 4 is 0 Å². The Morgan fingerprint density at radius 1 is 1.64 bits per heavy atom. The Morgan fingerprint density at radius 3 is 3.29 bits per heavy atom. The molecule has 1 atom stereocenters. The molecule has 0 aliphatic carbocycles. The molecular formula is C10H18N4. The Kier molecular flexibility index (Phi) is 2.84. The summed E-state index contributed by atoms with van der Waals surface area (Å²) in [6, 6.07) is 0. The minimum atomic E-state index is 0.681. The number of nitrogens with one attached hydrogen (secondary N) is 1. The average Bonchev–Trinajstić information content (AvgIpc) is 2.44. The van der Waals surface area contributed by atoms with Crippen molar-refractivity contribution in [3.63, 3.8) is 0 Å². The molecule has 0 aromatic carbocycles. The molecule has 0 saturated heterocycles. The number of imidazole rings is 1. The zero-order valence-corrected chi connectivity index (χ0v) is 8.90. The van der Waals surface area contributed by atoms with Crippen LogP contribution in [0.15, 0.2) is 12.4 Å². The van der Waals surface area contributed by atoms with E-state index in [9.17, 15) is 0 Å². The molecule has 0 fully saturated rings. The minimum absolute atomic E-state index is 0.681. The Balaban J connectivity index is 2.04. The maximum absolute atomic E-state index is 4.32. The predicted octanol–water partition coefficient (Wildman–Crippen LogP) is 0.164. The number of aromatic nitrogens is 2. The predicted molar refractivity (Wildman–Crippen MR) is 56.0 cm³/mol. The molecule has 4 nitrogen and oxygen atoms in total. The molecule has 1 aromatic heterocycles. The van der Waals surface area contributed by atoms with Crippen molar-refractivity contribution in [3.05, 3.63) is 18.2 Å². The van der Waals surface area contributed by atoms with Gasteiger partial charge in [-0.05, 0) is 14.1 Å². The van der Waals surface area contributed by atoms with Crippen LogP contribution in [0.1, 0.15) is 5.82 Å². The Morgan fingerprint density at radius 2 is 2.50 bits per heavy atom. The van der Waals surface area contributed by atoms with Gasteiger partial charge in [-0.1, -0.05) is 0 Å². The van der Waals surface area contributed by atoms with Gasteiger partial charge in [0.1, 0.15) is 5.82 Å². The smallest absolute Gasteiger partial charge is 0.122 e. The van der Waals surface area contributed by atoms with Crippen molar-refractivity contribution in [1.29, 1.82) is 0 Å². The highest BCUT2D eigenvalue weighted by atomic mass is 15.1. The Labute approximate surface area is 84.9 Å². The molecule has 0 bridgehead atoms. The van der Waals surface area contributed by atoms with E-state index in [4.69, 9.17) is 0 Å². The van der Waals surface area contributed by atoms with Crippen molar-refractivity contribution < 1.29 is 0 Å². The molecule has 2 heterocycles. The second-order valence-corrected chi connectivity index (χ2v) is 4.26. The van der Waals surface area contributed by atoms with Crippen LogP contribution in [0.5, 0.6) is 0 Å². The lowest BCUT2D eigenvalue weighted by molar-refractivity contribution is 0.299. The van der Waals surface area contributed by atoms with Crippen LogP contribution in [0.25, 0.3) is 0 Å². The molecule has 0 spiro atoms. The van der Waals surface area contributed by atoms with Gasteiger partial charge in [-0.3, -0.25) is 0 Å². The van der Waals surface area contributed by atoms with E-state index < -0.39 is 0 Å². The molecule has 14 heavy (non-hydrogen) atoms. The van der Waals surface area contributed by atoms with Gasteiger partial charge >= 0.3 is 0 Å². The summed E-state index contributed by atoms with van der Waals surface area (Å²) < 4.78 is 2.26. The van der Waals surface area contributed by atoms with Crippen LogP contribution in [-0.2, 0) is 13.1 Å². The first kappa shape index (κ1) is 9.68. The molecule has 1 aliphatic rings. The van der Waals surface area contributed by atoms with Gasteiger partial charge in [-0.15, -0.1) is 0 Å².